The zero-order chi connectivity index (χ0) is 12.1. The fraction of sp³-hybridized carbons (Fsp3) is 0.273. The Kier molecular flexibility index (Phi) is 4.11. The number of hydrogen-bond acceptors (Lipinski definition) is 2. The van der Waals surface area contributed by atoms with Crippen molar-refractivity contribution in [3.63, 3.8) is 0 Å². The summed E-state index contributed by atoms with van der Waals surface area (Å²) in [4.78, 5) is 0. The molecule has 2 radical (unpaired) electrons. The van der Waals surface area contributed by atoms with Gasteiger partial charge in [-0.3, -0.25) is 9.89 Å². The first-order valence-electron chi connectivity index (χ1n) is 5.18. The van der Waals surface area contributed by atoms with Gasteiger partial charge in [0.2, 0.25) is 6.20 Å². The van der Waals surface area contributed by atoms with Crippen LogP contribution in [0.1, 0.15) is 13.8 Å². The van der Waals surface area contributed by atoms with Crippen LogP contribution < -0.4 is 10.2 Å². The lowest BCUT2D eigenvalue weighted by molar-refractivity contribution is -0.896. The number of aromatic nitrogens is 3. The first-order chi connectivity index (χ1) is 7.70. The topological polar surface area (TPSA) is 41.9 Å². The van der Waals surface area contributed by atoms with E-state index >= 15 is 0 Å². The predicted molar refractivity (Wildman–Crippen MR) is 62.8 cm³/mol. The number of nitrogens with zero attached hydrogens (tertiary/aromatic N) is 3. The van der Waals surface area contributed by atoms with Gasteiger partial charge in [0, 0.05) is 30.1 Å². The van der Waals surface area contributed by atoms with Crippen molar-refractivity contribution in [3.8, 4) is 11.4 Å². The molecule has 0 spiro atoms. The Hall–Kier alpha value is -1.78. The second-order valence-electron chi connectivity index (χ2n) is 3.00. The van der Waals surface area contributed by atoms with Crippen LogP contribution in [0.15, 0.2) is 30.6 Å². The minimum absolute atomic E-state index is 0.543. The van der Waals surface area contributed by atoms with E-state index < -0.39 is 0 Å². The Balaban J connectivity index is 0.000000606. The molecule has 2 aromatic rings. The molecule has 0 unspecified atom stereocenters. The maximum atomic E-state index is 9.55. The lowest BCUT2D eigenvalue weighted by atomic mass is 9.95. The highest BCUT2D eigenvalue weighted by molar-refractivity contribution is 6.35. The minimum Gasteiger partial charge on any atom is -0.284 e. The highest BCUT2D eigenvalue weighted by atomic mass is 16.5. The summed E-state index contributed by atoms with van der Waals surface area (Å²) in [6, 6.07) is 5.33. The maximum absolute atomic E-state index is 9.55. The third-order valence-corrected chi connectivity index (χ3v) is 2.05. The summed E-state index contributed by atoms with van der Waals surface area (Å²) in [7, 11) is 7.51. The Morgan fingerprint density at radius 2 is 2.06 bits per heavy atom. The SMILES string of the molecule is CC.[B]c1cnn(C)c1-c1cccc[n+]1O. The van der Waals surface area contributed by atoms with Crippen molar-refractivity contribution < 1.29 is 9.94 Å². The molecule has 0 atom stereocenters. The van der Waals surface area contributed by atoms with Crippen LogP contribution in [0.25, 0.3) is 11.4 Å². The van der Waals surface area contributed by atoms with Crippen LogP contribution in [0.2, 0.25) is 0 Å². The van der Waals surface area contributed by atoms with Crippen LogP contribution in [0.4, 0.5) is 0 Å². The summed E-state index contributed by atoms with van der Waals surface area (Å²) in [6.45, 7) is 4.00. The molecule has 0 saturated heterocycles. The third kappa shape index (κ3) is 2.24. The molecule has 0 aliphatic carbocycles. The van der Waals surface area contributed by atoms with Crippen molar-refractivity contribution in [2.24, 2.45) is 7.05 Å². The van der Waals surface area contributed by atoms with Crippen molar-refractivity contribution >= 4 is 13.3 Å². The molecule has 1 N–H and O–H groups in total. The zero-order valence-electron chi connectivity index (χ0n) is 9.75. The molecule has 82 valence electrons. The third-order valence-electron chi connectivity index (χ3n) is 2.05. The molecule has 0 amide bonds. The van der Waals surface area contributed by atoms with Gasteiger partial charge in [0.25, 0.3) is 5.69 Å². The van der Waals surface area contributed by atoms with Gasteiger partial charge in [-0.1, -0.05) is 13.8 Å². The Morgan fingerprint density at radius 1 is 1.38 bits per heavy atom. The Morgan fingerprint density at radius 3 is 2.56 bits per heavy atom. The van der Waals surface area contributed by atoms with E-state index in [1.807, 2.05) is 19.9 Å². The molecule has 0 aliphatic rings. The lowest BCUT2D eigenvalue weighted by Gasteiger charge is -1.99. The lowest BCUT2D eigenvalue weighted by Crippen LogP contribution is -2.33. The smallest absolute Gasteiger partial charge is 0.281 e. The Bertz CT molecular complexity index is 449. The molecule has 5 heteroatoms. The van der Waals surface area contributed by atoms with Gasteiger partial charge in [-0.05, 0) is 11.5 Å². The number of aryl methyl sites for hydroxylation is 1. The van der Waals surface area contributed by atoms with Crippen molar-refractivity contribution in [1.29, 1.82) is 0 Å². The number of rotatable bonds is 1. The summed E-state index contributed by atoms with van der Waals surface area (Å²) in [5.41, 5.74) is 1.86. The summed E-state index contributed by atoms with van der Waals surface area (Å²) < 4.78 is 2.64. The van der Waals surface area contributed by atoms with E-state index in [0.29, 0.717) is 16.9 Å². The maximum Gasteiger partial charge on any atom is 0.281 e. The number of hydrogen-bond donors (Lipinski definition) is 1. The van der Waals surface area contributed by atoms with Gasteiger partial charge in [-0.2, -0.15) is 5.10 Å². The van der Waals surface area contributed by atoms with E-state index in [4.69, 9.17) is 7.85 Å². The molecule has 0 aromatic carbocycles. The fourth-order valence-corrected chi connectivity index (χ4v) is 1.39. The molecule has 2 rings (SSSR count). The van der Waals surface area contributed by atoms with Crippen LogP contribution >= 0.6 is 0 Å². The first kappa shape index (κ1) is 12.3. The highest BCUT2D eigenvalue weighted by Crippen LogP contribution is 2.09. The van der Waals surface area contributed by atoms with E-state index in [2.05, 4.69) is 5.10 Å². The summed E-state index contributed by atoms with van der Waals surface area (Å²) >= 11 is 0. The van der Waals surface area contributed by atoms with E-state index in [0.717, 1.165) is 4.73 Å². The summed E-state index contributed by atoms with van der Waals surface area (Å²) in [5, 5.41) is 13.6. The molecule has 4 nitrogen and oxygen atoms in total. The first-order valence-corrected chi connectivity index (χ1v) is 5.18. The summed E-state index contributed by atoms with van der Waals surface area (Å²) in [6.07, 6.45) is 3.10. The van der Waals surface area contributed by atoms with Crippen molar-refractivity contribution in [1.82, 2.24) is 9.78 Å². The molecular formula is C11H15BN3O+. The minimum atomic E-state index is 0.543. The van der Waals surface area contributed by atoms with Crippen LogP contribution in [0.5, 0.6) is 0 Å². The fourth-order valence-electron chi connectivity index (χ4n) is 1.39. The van der Waals surface area contributed by atoms with E-state index in [-0.39, 0.29) is 0 Å². The molecule has 0 bridgehead atoms. The van der Waals surface area contributed by atoms with Crippen molar-refractivity contribution in [3.05, 3.63) is 30.6 Å². The predicted octanol–water partition coefficient (Wildman–Crippen LogP) is 0.432. The molecule has 2 aromatic heterocycles. The van der Waals surface area contributed by atoms with Crippen LogP contribution in [0.3, 0.4) is 0 Å². The van der Waals surface area contributed by atoms with Gasteiger partial charge in [-0.25, -0.2) is 0 Å². The van der Waals surface area contributed by atoms with Crippen molar-refractivity contribution in [2.45, 2.75) is 13.8 Å². The molecular weight excluding hydrogens is 201 g/mol. The highest BCUT2D eigenvalue weighted by Gasteiger charge is 2.17. The van der Waals surface area contributed by atoms with Crippen LogP contribution in [-0.2, 0) is 7.05 Å². The standard InChI is InChI=1S/C9H9BN3O.C2H6/c1-12-9(7(10)6-11-12)8-4-2-3-5-13(8)14;1-2/h2-6,14H,1H3;1-2H3/q+1;. The van der Waals surface area contributed by atoms with Gasteiger partial charge in [-0.15, -0.1) is 0 Å². The van der Waals surface area contributed by atoms with Gasteiger partial charge < -0.3 is 0 Å². The Labute approximate surface area is 96.5 Å². The van der Waals surface area contributed by atoms with Gasteiger partial charge in [0.15, 0.2) is 0 Å². The van der Waals surface area contributed by atoms with Gasteiger partial charge >= 0.3 is 0 Å². The zero-order valence-corrected chi connectivity index (χ0v) is 9.75. The average molecular weight is 216 g/mol. The van der Waals surface area contributed by atoms with E-state index in [1.165, 1.54) is 0 Å². The summed E-state index contributed by atoms with van der Waals surface area (Å²) in [5.74, 6) is 0. The normalized spacial score (nSPS) is 9.44. The van der Waals surface area contributed by atoms with Gasteiger partial charge in [0.05, 0.1) is 0 Å². The second-order valence-corrected chi connectivity index (χ2v) is 3.00. The average Bonchev–Trinajstić information content (AvgIpc) is 2.63. The monoisotopic (exact) mass is 216 g/mol. The second kappa shape index (κ2) is 5.35. The van der Waals surface area contributed by atoms with Gasteiger partial charge in [0.1, 0.15) is 13.5 Å². The molecule has 16 heavy (non-hydrogen) atoms. The van der Waals surface area contributed by atoms with Crippen molar-refractivity contribution in [2.75, 3.05) is 0 Å². The number of pyridine rings is 1. The molecule has 0 aliphatic heterocycles. The van der Waals surface area contributed by atoms with Crippen LogP contribution in [0, 0.1) is 0 Å². The molecule has 0 fully saturated rings. The largest absolute Gasteiger partial charge is 0.284 e. The quantitative estimate of drug-likeness (QED) is 0.426. The molecule has 2 heterocycles. The van der Waals surface area contributed by atoms with Crippen LogP contribution in [-0.4, -0.2) is 22.8 Å². The van der Waals surface area contributed by atoms with E-state index in [9.17, 15) is 5.21 Å². The molecule has 0 saturated carbocycles. The van der Waals surface area contributed by atoms with E-state index in [1.54, 1.807) is 36.3 Å².